The predicted molar refractivity (Wildman–Crippen MR) is 110 cm³/mol. The van der Waals surface area contributed by atoms with Gasteiger partial charge in [-0.15, -0.1) is 10.2 Å². The summed E-state index contributed by atoms with van der Waals surface area (Å²) in [5.41, 5.74) is 1.96. The van der Waals surface area contributed by atoms with Crippen molar-refractivity contribution in [1.82, 2.24) is 15.5 Å². The highest BCUT2D eigenvalue weighted by Crippen LogP contribution is 2.38. The average Bonchev–Trinajstić information content (AvgIpc) is 3.25. The predicted octanol–water partition coefficient (Wildman–Crippen LogP) is 3.22. The highest BCUT2D eigenvalue weighted by Gasteiger charge is 2.18. The summed E-state index contributed by atoms with van der Waals surface area (Å²) >= 11 is 0. The first-order valence-electron chi connectivity index (χ1n) is 9.50. The highest BCUT2D eigenvalue weighted by molar-refractivity contribution is 5.89. The van der Waals surface area contributed by atoms with E-state index < -0.39 is 5.91 Å². The lowest BCUT2D eigenvalue weighted by Gasteiger charge is -2.13. The van der Waals surface area contributed by atoms with E-state index in [2.05, 4.69) is 15.5 Å². The van der Waals surface area contributed by atoms with Gasteiger partial charge in [0.25, 0.3) is 0 Å². The summed E-state index contributed by atoms with van der Waals surface area (Å²) in [5.74, 6) is 1.56. The summed E-state index contributed by atoms with van der Waals surface area (Å²) in [6.45, 7) is 2.51. The lowest BCUT2D eigenvalue weighted by Crippen LogP contribution is -2.27. The van der Waals surface area contributed by atoms with Gasteiger partial charge in [0.15, 0.2) is 11.5 Å². The molecule has 0 saturated heterocycles. The van der Waals surface area contributed by atoms with Crippen LogP contribution in [0.1, 0.15) is 40.5 Å². The summed E-state index contributed by atoms with van der Waals surface area (Å²) in [6.07, 6.45) is 0.317. The number of carbonyl (C=O) groups excluding carboxylic acids is 1. The van der Waals surface area contributed by atoms with Gasteiger partial charge in [0, 0.05) is 6.54 Å². The van der Waals surface area contributed by atoms with E-state index in [4.69, 9.17) is 18.6 Å². The molecule has 2 aromatic carbocycles. The van der Waals surface area contributed by atoms with Crippen LogP contribution in [0.15, 0.2) is 46.9 Å². The summed E-state index contributed by atoms with van der Waals surface area (Å²) in [6, 6.07) is 13.6. The van der Waals surface area contributed by atoms with Crippen LogP contribution in [0.5, 0.6) is 17.2 Å². The van der Waals surface area contributed by atoms with E-state index in [0.717, 1.165) is 11.1 Å². The Hall–Kier alpha value is -3.55. The molecular weight excluding hydrogens is 386 g/mol. The maximum atomic E-state index is 12.4. The minimum Gasteiger partial charge on any atom is -0.493 e. The second-order valence-electron chi connectivity index (χ2n) is 6.73. The minimum atomic E-state index is -0.401. The first kappa shape index (κ1) is 21.2. The van der Waals surface area contributed by atoms with Crippen molar-refractivity contribution >= 4 is 5.91 Å². The number of hydrogen-bond acceptors (Lipinski definition) is 7. The van der Waals surface area contributed by atoms with Crippen molar-refractivity contribution in [2.75, 3.05) is 27.9 Å². The third kappa shape index (κ3) is 4.89. The first-order valence-corrected chi connectivity index (χ1v) is 9.50. The van der Waals surface area contributed by atoms with Gasteiger partial charge in [-0.25, -0.2) is 0 Å². The zero-order valence-electron chi connectivity index (χ0n) is 17.5. The van der Waals surface area contributed by atoms with Crippen molar-refractivity contribution < 1.29 is 23.4 Å². The van der Waals surface area contributed by atoms with Gasteiger partial charge in [-0.05, 0) is 29.2 Å². The molecule has 1 aromatic heterocycles. The van der Waals surface area contributed by atoms with Crippen LogP contribution >= 0.6 is 0 Å². The molecule has 0 radical (unpaired) electrons. The zero-order chi connectivity index (χ0) is 21.5. The van der Waals surface area contributed by atoms with Gasteiger partial charge >= 0.3 is 11.8 Å². The Labute approximate surface area is 175 Å². The van der Waals surface area contributed by atoms with Crippen LogP contribution in [0, 0.1) is 0 Å². The Bertz CT molecular complexity index is 962. The zero-order valence-corrected chi connectivity index (χ0v) is 17.5. The topological polar surface area (TPSA) is 95.7 Å². The van der Waals surface area contributed by atoms with Gasteiger partial charge in [-0.1, -0.05) is 37.3 Å². The molecule has 3 rings (SSSR count). The molecule has 0 aliphatic carbocycles. The molecule has 3 aromatic rings. The molecule has 1 atom stereocenters. The maximum Gasteiger partial charge on any atom is 0.308 e. The fourth-order valence-corrected chi connectivity index (χ4v) is 3.05. The lowest BCUT2D eigenvalue weighted by molar-refractivity contribution is 0.0915. The molecular formula is C22H25N3O5. The van der Waals surface area contributed by atoms with E-state index >= 15 is 0 Å². The standard InChI is InChI=1S/C22H25N3O5/c1-14(16-8-6-5-7-9-16)13-23-21(26)22-25-24-19(30-22)12-15-10-17(27-2)20(29-4)18(11-15)28-3/h5-11,14H,12-13H2,1-4H3,(H,23,26). The first-order chi connectivity index (χ1) is 14.5. The number of methoxy groups -OCH3 is 3. The molecule has 8 heteroatoms. The van der Waals surface area contributed by atoms with Crippen molar-refractivity contribution in [3.8, 4) is 17.2 Å². The van der Waals surface area contributed by atoms with Crippen molar-refractivity contribution in [1.29, 1.82) is 0 Å². The molecule has 0 aliphatic rings. The molecule has 0 spiro atoms. The van der Waals surface area contributed by atoms with E-state index in [9.17, 15) is 4.79 Å². The number of nitrogens with one attached hydrogen (secondary N) is 1. The van der Waals surface area contributed by atoms with Crippen LogP contribution < -0.4 is 19.5 Å². The smallest absolute Gasteiger partial charge is 0.308 e. The third-order valence-electron chi connectivity index (χ3n) is 4.68. The van der Waals surface area contributed by atoms with E-state index in [1.165, 1.54) is 0 Å². The van der Waals surface area contributed by atoms with E-state index in [1.807, 2.05) is 37.3 Å². The van der Waals surface area contributed by atoms with Crippen molar-refractivity contribution in [3.05, 3.63) is 65.4 Å². The Morgan fingerprint density at radius 2 is 1.70 bits per heavy atom. The van der Waals surface area contributed by atoms with Gasteiger partial charge in [0.2, 0.25) is 11.6 Å². The molecule has 1 heterocycles. The third-order valence-corrected chi connectivity index (χ3v) is 4.68. The largest absolute Gasteiger partial charge is 0.493 e. The van der Waals surface area contributed by atoms with Gasteiger partial charge in [-0.2, -0.15) is 0 Å². The minimum absolute atomic E-state index is 0.0716. The summed E-state index contributed by atoms with van der Waals surface area (Å²) < 4.78 is 21.6. The highest BCUT2D eigenvalue weighted by atomic mass is 16.5. The normalized spacial score (nSPS) is 11.6. The Kier molecular flexibility index (Phi) is 6.90. The van der Waals surface area contributed by atoms with Crippen molar-refractivity contribution in [2.24, 2.45) is 0 Å². The molecule has 0 aliphatic heterocycles. The van der Waals surface area contributed by atoms with Crippen molar-refractivity contribution in [2.45, 2.75) is 19.3 Å². The van der Waals surface area contributed by atoms with Crippen LogP contribution in [-0.4, -0.2) is 44.0 Å². The summed E-state index contributed by atoms with van der Waals surface area (Å²) in [5, 5.41) is 10.7. The van der Waals surface area contributed by atoms with Gasteiger partial charge < -0.3 is 23.9 Å². The monoisotopic (exact) mass is 411 g/mol. The molecule has 0 bridgehead atoms. The quantitative estimate of drug-likeness (QED) is 0.577. The maximum absolute atomic E-state index is 12.4. The Balaban J connectivity index is 1.65. The van der Waals surface area contributed by atoms with E-state index in [0.29, 0.717) is 36.1 Å². The molecule has 1 unspecified atom stereocenters. The second kappa shape index (κ2) is 9.78. The SMILES string of the molecule is COc1cc(Cc2nnc(C(=O)NCC(C)c3ccccc3)o2)cc(OC)c1OC. The fourth-order valence-electron chi connectivity index (χ4n) is 3.05. The molecule has 30 heavy (non-hydrogen) atoms. The molecule has 1 amide bonds. The fraction of sp³-hybridized carbons (Fsp3) is 0.318. The summed E-state index contributed by atoms with van der Waals surface area (Å²) in [4.78, 5) is 12.4. The second-order valence-corrected chi connectivity index (χ2v) is 6.73. The van der Waals surface area contributed by atoms with Crippen LogP contribution in [0.25, 0.3) is 0 Å². The number of hydrogen-bond donors (Lipinski definition) is 1. The lowest BCUT2D eigenvalue weighted by atomic mass is 10.0. The number of carbonyl (C=O) groups is 1. The van der Waals surface area contributed by atoms with Crippen molar-refractivity contribution in [3.63, 3.8) is 0 Å². The van der Waals surface area contributed by atoms with Crippen LogP contribution in [0.2, 0.25) is 0 Å². The molecule has 0 fully saturated rings. The molecule has 0 saturated carbocycles. The van der Waals surface area contributed by atoms with E-state index in [-0.39, 0.29) is 11.8 Å². The Morgan fingerprint density at radius 3 is 2.30 bits per heavy atom. The molecule has 158 valence electrons. The molecule has 1 N–H and O–H groups in total. The number of benzene rings is 2. The number of nitrogens with zero attached hydrogens (tertiary/aromatic N) is 2. The van der Waals surface area contributed by atoms with Crippen LogP contribution in [0.4, 0.5) is 0 Å². The van der Waals surface area contributed by atoms with Gasteiger partial charge in [0.1, 0.15) is 0 Å². The number of aromatic nitrogens is 2. The molecule has 8 nitrogen and oxygen atoms in total. The number of amides is 1. The summed E-state index contributed by atoms with van der Waals surface area (Å²) in [7, 11) is 4.64. The number of rotatable bonds is 9. The van der Waals surface area contributed by atoms with Gasteiger partial charge in [-0.3, -0.25) is 4.79 Å². The van der Waals surface area contributed by atoms with Crippen LogP contribution in [0.3, 0.4) is 0 Å². The van der Waals surface area contributed by atoms with Crippen LogP contribution in [-0.2, 0) is 6.42 Å². The average molecular weight is 411 g/mol. The Morgan fingerprint density at radius 1 is 1.03 bits per heavy atom. The number of ether oxygens (including phenoxy) is 3. The van der Waals surface area contributed by atoms with Gasteiger partial charge in [0.05, 0.1) is 27.8 Å². The van der Waals surface area contributed by atoms with E-state index in [1.54, 1.807) is 33.5 Å².